The van der Waals surface area contributed by atoms with E-state index in [4.69, 9.17) is 9.47 Å². The third kappa shape index (κ3) is 3.63. The van der Waals surface area contributed by atoms with Crippen molar-refractivity contribution in [3.05, 3.63) is 71.2 Å². The van der Waals surface area contributed by atoms with E-state index in [1.54, 1.807) is 12.5 Å². The van der Waals surface area contributed by atoms with Crippen molar-refractivity contribution in [1.82, 2.24) is 4.98 Å². The molecule has 0 N–H and O–H groups in total. The monoisotopic (exact) mass is 339 g/mol. The van der Waals surface area contributed by atoms with Gasteiger partial charge in [-0.1, -0.05) is 30.3 Å². The first kappa shape index (κ1) is 16.2. The van der Waals surface area contributed by atoms with Crippen LogP contribution < -0.4 is 4.74 Å². The maximum absolute atomic E-state index is 12.3. The van der Waals surface area contributed by atoms with Crippen molar-refractivity contribution < 1.29 is 14.3 Å². The fourth-order valence-electron chi connectivity index (χ4n) is 2.25. The summed E-state index contributed by atoms with van der Waals surface area (Å²) >= 11 is 1.41. The van der Waals surface area contributed by atoms with Crippen LogP contribution in [0.25, 0.3) is 10.6 Å². The molecule has 5 heteroatoms. The van der Waals surface area contributed by atoms with E-state index in [2.05, 4.69) is 4.98 Å². The highest BCUT2D eigenvalue weighted by molar-refractivity contribution is 7.13. The van der Waals surface area contributed by atoms with E-state index >= 15 is 0 Å². The lowest BCUT2D eigenvalue weighted by atomic mass is 10.1. The lowest BCUT2D eigenvalue weighted by molar-refractivity contribution is 0.0332. The molecule has 0 bridgehead atoms. The van der Waals surface area contributed by atoms with E-state index in [9.17, 15) is 4.79 Å². The van der Waals surface area contributed by atoms with Crippen LogP contribution in [0.1, 0.15) is 29.1 Å². The average Bonchev–Trinajstić information content (AvgIpc) is 3.13. The molecule has 1 heterocycles. The third-order valence-electron chi connectivity index (χ3n) is 3.60. The van der Waals surface area contributed by atoms with Crippen molar-refractivity contribution in [2.75, 3.05) is 7.11 Å². The molecule has 0 fully saturated rings. The molecule has 0 saturated heterocycles. The zero-order valence-corrected chi connectivity index (χ0v) is 14.2. The molecule has 0 aliphatic carbocycles. The van der Waals surface area contributed by atoms with Gasteiger partial charge < -0.3 is 9.47 Å². The number of rotatable bonds is 5. The van der Waals surface area contributed by atoms with Crippen LogP contribution >= 0.6 is 11.3 Å². The summed E-state index contributed by atoms with van der Waals surface area (Å²) in [6.07, 6.45) is -0.315. The van der Waals surface area contributed by atoms with Gasteiger partial charge in [0.15, 0.2) is 5.69 Å². The molecule has 0 aliphatic heterocycles. The van der Waals surface area contributed by atoms with Crippen molar-refractivity contribution >= 4 is 17.3 Å². The van der Waals surface area contributed by atoms with Crippen LogP contribution in [0.2, 0.25) is 0 Å². The summed E-state index contributed by atoms with van der Waals surface area (Å²) in [4.78, 5) is 16.7. The predicted molar refractivity (Wildman–Crippen MR) is 94.4 cm³/mol. The highest BCUT2D eigenvalue weighted by atomic mass is 32.1. The molecule has 0 radical (unpaired) electrons. The molecule has 0 amide bonds. The second-order valence-electron chi connectivity index (χ2n) is 5.22. The first-order chi connectivity index (χ1) is 11.7. The fraction of sp³-hybridized carbons (Fsp3) is 0.158. The second kappa shape index (κ2) is 7.27. The topological polar surface area (TPSA) is 48.4 Å². The van der Waals surface area contributed by atoms with Crippen LogP contribution in [0.5, 0.6) is 5.75 Å². The van der Waals surface area contributed by atoms with Crippen LogP contribution in [-0.2, 0) is 4.74 Å². The lowest BCUT2D eigenvalue weighted by Gasteiger charge is -2.12. The van der Waals surface area contributed by atoms with Gasteiger partial charge in [-0.05, 0) is 36.8 Å². The van der Waals surface area contributed by atoms with Gasteiger partial charge in [0.1, 0.15) is 16.9 Å². The Morgan fingerprint density at radius 2 is 1.79 bits per heavy atom. The number of ether oxygens (including phenoxy) is 2. The van der Waals surface area contributed by atoms with Crippen molar-refractivity contribution in [2.45, 2.75) is 13.0 Å². The number of carbonyl (C=O) groups is 1. The SMILES string of the molecule is COc1ccc(-c2nc(C(=O)O[C@@H](C)c3ccccc3)cs2)cc1. The number of hydrogen-bond acceptors (Lipinski definition) is 5. The number of aromatic nitrogens is 1. The molecule has 1 aromatic heterocycles. The summed E-state index contributed by atoms with van der Waals surface area (Å²) in [6, 6.07) is 17.2. The molecule has 24 heavy (non-hydrogen) atoms. The Hall–Kier alpha value is -2.66. The Morgan fingerprint density at radius 3 is 2.46 bits per heavy atom. The smallest absolute Gasteiger partial charge is 0.358 e. The third-order valence-corrected chi connectivity index (χ3v) is 4.49. The average molecular weight is 339 g/mol. The predicted octanol–water partition coefficient (Wildman–Crippen LogP) is 4.74. The minimum Gasteiger partial charge on any atom is -0.497 e. The Labute approximate surface area is 144 Å². The quantitative estimate of drug-likeness (QED) is 0.630. The van der Waals surface area contributed by atoms with Gasteiger partial charge in [-0.2, -0.15) is 0 Å². The van der Waals surface area contributed by atoms with Crippen LogP contribution in [0.4, 0.5) is 0 Å². The Kier molecular flexibility index (Phi) is 4.91. The normalized spacial score (nSPS) is 11.8. The van der Waals surface area contributed by atoms with Crippen LogP contribution in [-0.4, -0.2) is 18.1 Å². The second-order valence-corrected chi connectivity index (χ2v) is 6.08. The maximum atomic E-state index is 12.3. The first-order valence-corrected chi connectivity index (χ1v) is 8.41. The molecular weight excluding hydrogens is 322 g/mol. The number of thiazole rings is 1. The minimum atomic E-state index is -0.414. The maximum Gasteiger partial charge on any atom is 0.358 e. The summed E-state index contributed by atoms with van der Waals surface area (Å²) in [7, 11) is 1.63. The van der Waals surface area contributed by atoms with Gasteiger partial charge in [-0.25, -0.2) is 9.78 Å². The summed E-state index contributed by atoms with van der Waals surface area (Å²) in [5.41, 5.74) is 2.22. The standard InChI is InChI=1S/C19H17NO3S/c1-13(14-6-4-3-5-7-14)23-19(21)17-12-24-18(20-17)15-8-10-16(22-2)11-9-15/h3-13H,1-2H3/t13-/m0/s1. The molecule has 0 unspecified atom stereocenters. The van der Waals surface area contributed by atoms with E-state index in [1.807, 2.05) is 61.5 Å². The van der Waals surface area contributed by atoms with E-state index in [-0.39, 0.29) is 6.10 Å². The molecule has 4 nitrogen and oxygen atoms in total. The summed E-state index contributed by atoms with van der Waals surface area (Å²) < 4.78 is 10.6. The van der Waals surface area contributed by atoms with Gasteiger partial charge in [0.25, 0.3) is 0 Å². The van der Waals surface area contributed by atoms with Gasteiger partial charge in [-0.3, -0.25) is 0 Å². The van der Waals surface area contributed by atoms with Crippen LogP contribution in [0.3, 0.4) is 0 Å². The largest absolute Gasteiger partial charge is 0.497 e. The van der Waals surface area contributed by atoms with Gasteiger partial charge in [0.05, 0.1) is 7.11 Å². The number of hydrogen-bond donors (Lipinski definition) is 0. The molecule has 122 valence electrons. The Bertz CT molecular complexity index is 812. The van der Waals surface area contributed by atoms with Gasteiger partial charge in [0, 0.05) is 10.9 Å². The van der Waals surface area contributed by atoms with Gasteiger partial charge in [-0.15, -0.1) is 11.3 Å². The highest BCUT2D eigenvalue weighted by Crippen LogP contribution is 2.27. The molecule has 3 rings (SSSR count). The van der Waals surface area contributed by atoms with E-state index in [0.717, 1.165) is 21.9 Å². The van der Waals surface area contributed by atoms with Crippen LogP contribution in [0, 0.1) is 0 Å². The summed E-state index contributed by atoms with van der Waals surface area (Å²) in [5, 5.41) is 2.50. The molecule has 0 saturated carbocycles. The fourth-order valence-corrected chi connectivity index (χ4v) is 3.04. The molecule has 2 aromatic carbocycles. The highest BCUT2D eigenvalue weighted by Gasteiger charge is 2.17. The molecular formula is C19H17NO3S. The van der Waals surface area contributed by atoms with Crippen molar-refractivity contribution in [3.8, 4) is 16.3 Å². The number of carbonyl (C=O) groups excluding carboxylic acids is 1. The van der Waals surface area contributed by atoms with Gasteiger partial charge >= 0.3 is 5.97 Å². The molecule has 3 aromatic rings. The molecule has 0 aliphatic rings. The van der Waals surface area contributed by atoms with E-state index < -0.39 is 5.97 Å². The van der Waals surface area contributed by atoms with Gasteiger partial charge in [0.2, 0.25) is 0 Å². The van der Waals surface area contributed by atoms with E-state index in [0.29, 0.717) is 5.69 Å². The zero-order valence-electron chi connectivity index (χ0n) is 13.4. The number of esters is 1. The molecule has 1 atom stereocenters. The van der Waals surface area contributed by atoms with Crippen LogP contribution in [0.15, 0.2) is 60.0 Å². The Balaban J connectivity index is 1.71. The zero-order chi connectivity index (χ0) is 16.9. The Morgan fingerprint density at radius 1 is 1.08 bits per heavy atom. The molecule has 0 spiro atoms. The van der Waals surface area contributed by atoms with E-state index in [1.165, 1.54) is 11.3 Å². The summed E-state index contributed by atoms with van der Waals surface area (Å²) in [5.74, 6) is 0.369. The first-order valence-electron chi connectivity index (χ1n) is 7.53. The number of benzene rings is 2. The minimum absolute atomic E-state index is 0.315. The number of nitrogens with zero attached hydrogens (tertiary/aromatic N) is 1. The van der Waals surface area contributed by atoms with Crippen molar-refractivity contribution in [3.63, 3.8) is 0 Å². The summed E-state index contributed by atoms with van der Waals surface area (Å²) in [6.45, 7) is 1.85. The van der Waals surface area contributed by atoms with Crippen molar-refractivity contribution in [2.24, 2.45) is 0 Å². The van der Waals surface area contributed by atoms with Crippen molar-refractivity contribution in [1.29, 1.82) is 0 Å². The lowest BCUT2D eigenvalue weighted by Crippen LogP contribution is -2.09. The number of methoxy groups -OCH3 is 1.